The van der Waals surface area contributed by atoms with E-state index in [-0.39, 0.29) is 5.91 Å². The fourth-order valence-electron chi connectivity index (χ4n) is 2.49. The Balaban J connectivity index is 1.77. The molecule has 0 saturated carbocycles. The maximum Gasteiger partial charge on any atom is 0.237 e. The van der Waals surface area contributed by atoms with Crippen LogP contribution in [0.15, 0.2) is 47.6 Å². The molecule has 0 aliphatic heterocycles. The van der Waals surface area contributed by atoms with Crippen LogP contribution in [0.5, 0.6) is 5.75 Å². The lowest BCUT2D eigenvalue weighted by atomic mass is 10.2. The number of para-hydroxylation sites is 2. The predicted octanol–water partition coefficient (Wildman–Crippen LogP) is 4.14. The van der Waals surface area contributed by atoms with Crippen LogP contribution in [0.2, 0.25) is 5.02 Å². The van der Waals surface area contributed by atoms with Gasteiger partial charge in [0.2, 0.25) is 11.1 Å². The van der Waals surface area contributed by atoms with Crippen LogP contribution < -0.4 is 10.1 Å². The van der Waals surface area contributed by atoms with Crippen LogP contribution in [-0.2, 0) is 4.79 Å². The van der Waals surface area contributed by atoms with Crippen molar-refractivity contribution in [2.75, 3.05) is 11.9 Å². The molecule has 1 N–H and O–H groups in total. The molecule has 3 aromatic rings. The number of aromatic nitrogens is 4. The third-order valence-electron chi connectivity index (χ3n) is 3.94. The molecule has 0 saturated heterocycles. The average Bonchev–Trinajstić information content (AvgIpc) is 3.13. The van der Waals surface area contributed by atoms with Gasteiger partial charge in [0, 0.05) is 10.7 Å². The largest absolute Gasteiger partial charge is 0.492 e. The van der Waals surface area contributed by atoms with Crippen molar-refractivity contribution in [2.24, 2.45) is 0 Å². The van der Waals surface area contributed by atoms with Gasteiger partial charge in [-0.05, 0) is 61.0 Å². The third-order valence-corrected chi connectivity index (χ3v) is 5.21. The topological polar surface area (TPSA) is 81.9 Å². The summed E-state index contributed by atoms with van der Waals surface area (Å²) in [6.07, 6.45) is 0. The molecular weight excluding hydrogens is 398 g/mol. The van der Waals surface area contributed by atoms with Gasteiger partial charge in [0.15, 0.2) is 0 Å². The summed E-state index contributed by atoms with van der Waals surface area (Å²) in [6.45, 7) is 6.15. The zero-order valence-corrected chi connectivity index (χ0v) is 17.3. The van der Waals surface area contributed by atoms with Crippen molar-refractivity contribution in [1.29, 1.82) is 0 Å². The number of carbonyl (C=O) groups is 1. The number of hydrogen-bond acceptors (Lipinski definition) is 6. The van der Waals surface area contributed by atoms with Crippen LogP contribution in [0.25, 0.3) is 5.69 Å². The smallest absolute Gasteiger partial charge is 0.237 e. The van der Waals surface area contributed by atoms with Gasteiger partial charge in [0.1, 0.15) is 11.4 Å². The summed E-state index contributed by atoms with van der Waals surface area (Å²) in [7, 11) is 0. The highest BCUT2D eigenvalue weighted by Gasteiger charge is 2.21. The van der Waals surface area contributed by atoms with E-state index in [4.69, 9.17) is 16.3 Å². The first-order valence-corrected chi connectivity index (χ1v) is 9.99. The molecule has 0 spiro atoms. The second kappa shape index (κ2) is 9.07. The van der Waals surface area contributed by atoms with Crippen LogP contribution in [-0.4, -0.2) is 38.0 Å². The fraction of sp³-hybridized carbons (Fsp3) is 0.263. The van der Waals surface area contributed by atoms with E-state index in [1.165, 1.54) is 11.8 Å². The molecule has 0 unspecified atom stereocenters. The molecule has 0 bridgehead atoms. The SMILES string of the molecule is CCOc1ccccc1-n1nnnc1S[C@H](C)C(=O)Nc1cc(Cl)ccc1C. The second-order valence-electron chi connectivity index (χ2n) is 5.98. The number of amides is 1. The average molecular weight is 418 g/mol. The van der Waals surface area contributed by atoms with E-state index in [9.17, 15) is 4.79 Å². The van der Waals surface area contributed by atoms with Crippen molar-refractivity contribution in [3.63, 3.8) is 0 Å². The summed E-state index contributed by atoms with van der Waals surface area (Å²) in [6, 6.07) is 12.9. The van der Waals surface area contributed by atoms with E-state index in [2.05, 4.69) is 20.8 Å². The van der Waals surface area contributed by atoms with E-state index in [1.807, 2.05) is 44.2 Å². The molecule has 7 nitrogen and oxygen atoms in total. The maximum absolute atomic E-state index is 12.6. The van der Waals surface area contributed by atoms with Gasteiger partial charge in [0.25, 0.3) is 0 Å². The molecule has 1 atom stereocenters. The summed E-state index contributed by atoms with van der Waals surface area (Å²) in [4.78, 5) is 12.6. The summed E-state index contributed by atoms with van der Waals surface area (Å²) in [5, 5.41) is 15.4. The minimum absolute atomic E-state index is 0.164. The monoisotopic (exact) mass is 417 g/mol. The number of ether oxygens (including phenoxy) is 1. The standard InChI is InChI=1S/C19H20ClN5O2S/c1-4-27-17-8-6-5-7-16(17)25-19(22-23-24-25)28-13(3)18(26)21-15-11-14(20)10-9-12(15)2/h5-11,13H,4H2,1-3H3,(H,21,26)/t13-/m1/s1. The third kappa shape index (κ3) is 4.63. The number of carbonyl (C=O) groups excluding carboxylic acids is 1. The van der Waals surface area contributed by atoms with Crippen molar-refractivity contribution in [2.45, 2.75) is 31.2 Å². The lowest BCUT2D eigenvalue weighted by molar-refractivity contribution is -0.115. The number of halogens is 1. The minimum Gasteiger partial charge on any atom is -0.492 e. The first-order valence-electron chi connectivity index (χ1n) is 8.74. The van der Waals surface area contributed by atoms with E-state index in [0.717, 1.165) is 11.3 Å². The summed E-state index contributed by atoms with van der Waals surface area (Å²) in [5.74, 6) is 0.508. The molecule has 0 aliphatic carbocycles. The van der Waals surface area contributed by atoms with Gasteiger partial charge in [-0.1, -0.05) is 41.6 Å². The quantitative estimate of drug-likeness (QED) is 0.582. The molecule has 0 fully saturated rings. The van der Waals surface area contributed by atoms with Gasteiger partial charge in [-0.15, -0.1) is 5.10 Å². The maximum atomic E-state index is 12.6. The van der Waals surface area contributed by atoms with E-state index < -0.39 is 5.25 Å². The predicted molar refractivity (Wildman–Crippen MR) is 110 cm³/mol. The molecule has 146 valence electrons. The number of nitrogens with one attached hydrogen (secondary N) is 1. The molecular formula is C19H20ClN5O2S. The minimum atomic E-state index is -0.428. The molecule has 1 aromatic heterocycles. The van der Waals surface area contributed by atoms with Crippen LogP contribution >= 0.6 is 23.4 Å². The molecule has 2 aromatic carbocycles. The van der Waals surface area contributed by atoms with E-state index >= 15 is 0 Å². The number of rotatable bonds is 7. The number of benzene rings is 2. The molecule has 0 aliphatic rings. The molecule has 28 heavy (non-hydrogen) atoms. The fourth-order valence-corrected chi connectivity index (χ4v) is 3.46. The highest BCUT2D eigenvalue weighted by molar-refractivity contribution is 8.00. The Kier molecular flexibility index (Phi) is 6.53. The summed E-state index contributed by atoms with van der Waals surface area (Å²) in [5.41, 5.74) is 2.34. The Hall–Kier alpha value is -2.58. The van der Waals surface area contributed by atoms with E-state index in [1.54, 1.807) is 23.7 Å². The van der Waals surface area contributed by atoms with Crippen molar-refractivity contribution < 1.29 is 9.53 Å². The number of thioether (sulfide) groups is 1. The van der Waals surface area contributed by atoms with Crippen molar-refractivity contribution >= 4 is 35.0 Å². The first-order chi connectivity index (χ1) is 13.5. The number of hydrogen-bond donors (Lipinski definition) is 1. The Morgan fingerprint density at radius 1 is 1.32 bits per heavy atom. The number of tetrazole rings is 1. The summed E-state index contributed by atoms with van der Waals surface area (Å²) < 4.78 is 7.23. The normalized spacial score (nSPS) is 11.9. The van der Waals surface area contributed by atoms with Gasteiger partial charge in [-0.25, -0.2) is 0 Å². The molecule has 3 rings (SSSR count). The van der Waals surface area contributed by atoms with Gasteiger partial charge in [-0.2, -0.15) is 4.68 Å². The highest BCUT2D eigenvalue weighted by Crippen LogP contribution is 2.29. The molecule has 1 amide bonds. The van der Waals surface area contributed by atoms with Gasteiger partial charge < -0.3 is 10.1 Å². The van der Waals surface area contributed by atoms with Crippen molar-refractivity contribution in [3.05, 3.63) is 53.1 Å². The zero-order chi connectivity index (χ0) is 20.1. The summed E-state index contributed by atoms with van der Waals surface area (Å²) >= 11 is 7.29. The van der Waals surface area contributed by atoms with Crippen molar-refractivity contribution in [3.8, 4) is 11.4 Å². The Morgan fingerprint density at radius 3 is 2.89 bits per heavy atom. The van der Waals surface area contributed by atoms with Gasteiger partial charge in [-0.3, -0.25) is 4.79 Å². The van der Waals surface area contributed by atoms with Gasteiger partial charge >= 0.3 is 0 Å². The van der Waals surface area contributed by atoms with Crippen LogP contribution in [0.1, 0.15) is 19.4 Å². The molecule has 9 heteroatoms. The molecule has 0 radical (unpaired) electrons. The number of aryl methyl sites for hydroxylation is 1. The second-order valence-corrected chi connectivity index (χ2v) is 7.73. The lowest BCUT2D eigenvalue weighted by Gasteiger charge is -2.14. The highest BCUT2D eigenvalue weighted by atomic mass is 35.5. The lowest BCUT2D eigenvalue weighted by Crippen LogP contribution is -2.23. The van der Waals surface area contributed by atoms with E-state index in [0.29, 0.717) is 28.2 Å². The Labute approximate surface area is 172 Å². The zero-order valence-electron chi connectivity index (χ0n) is 15.7. The Bertz CT molecular complexity index is 978. The molecule has 1 heterocycles. The number of nitrogens with zero attached hydrogens (tertiary/aromatic N) is 4. The van der Waals surface area contributed by atoms with Crippen LogP contribution in [0.4, 0.5) is 5.69 Å². The Morgan fingerprint density at radius 2 is 2.11 bits per heavy atom. The van der Waals surface area contributed by atoms with Crippen LogP contribution in [0.3, 0.4) is 0 Å². The van der Waals surface area contributed by atoms with Gasteiger partial charge in [0.05, 0.1) is 11.9 Å². The van der Waals surface area contributed by atoms with Crippen molar-refractivity contribution in [1.82, 2.24) is 20.2 Å². The van der Waals surface area contributed by atoms with Crippen LogP contribution in [0, 0.1) is 6.92 Å². The number of anilines is 1. The first kappa shape index (κ1) is 20.2.